The molecule has 2 aromatic rings. The molecule has 0 unspecified atom stereocenters. The summed E-state index contributed by atoms with van der Waals surface area (Å²) in [4.78, 5) is 28.2. The largest absolute Gasteiger partial charge is 0.372 e. The van der Waals surface area contributed by atoms with E-state index >= 15 is 0 Å². The molecule has 2 aromatic carbocycles. The molecule has 1 N–H and O–H groups in total. The lowest BCUT2D eigenvalue weighted by Crippen LogP contribution is -2.25. The summed E-state index contributed by atoms with van der Waals surface area (Å²) in [5.41, 5.74) is 4.39. The van der Waals surface area contributed by atoms with Crippen LogP contribution in [0.2, 0.25) is 0 Å². The minimum atomic E-state index is -0.140. The molecule has 0 atom stereocenters. The van der Waals surface area contributed by atoms with Gasteiger partial charge in [0.2, 0.25) is 5.91 Å². The predicted octanol–water partition coefficient (Wildman–Crippen LogP) is 3.69. The molecule has 136 valence electrons. The van der Waals surface area contributed by atoms with Gasteiger partial charge in [0.1, 0.15) is 0 Å². The minimum Gasteiger partial charge on any atom is -0.372 e. The van der Waals surface area contributed by atoms with Crippen LogP contribution in [0.5, 0.6) is 0 Å². The fourth-order valence-electron chi connectivity index (χ4n) is 3.17. The Labute approximate surface area is 154 Å². The number of anilines is 3. The number of hydrogen-bond donors (Lipinski definition) is 1. The Bertz CT molecular complexity index is 845. The fourth-order valence-corrected chi connectivity index (χ4v) is 3.17. The Hall–Kier alpha value is -2.82. The molecule has 5 nitrogen and oxygen atoms in total. The lowest BCUT2D eigenvalue weighted by atomic mass is 10.1. The van der Waals surface area contributed by atoms with Crippen LogP contribution in [0.3, 0.4) is 0 Å². The number of amides is 2. The number of hydrogen-bond acceptors (Lipinski definition) is 3. The molecule has 0 aromatic heterocycles. The van der Waals surface area contributed by atoms with Gasteiger partial charge >= 0.3 is 0 Å². The first kappa shape index (κ1) is 18.0. The standard InChI is InChI=1S/C21H25N3O2/c1-14(2)23(4)19-7-5-6-18(13-19)22-21(26)17-8-9-20-16(12-17)10-11-24(20)15(3)25/h5-9,12-14H,10-11H2,1-4H3,(H,22,26). The van der Waals surface area contributed by atoms with Crippen LogP contribution in [0.1, 0.15) is 36.7 Å². The highest BCUT2D eigenvalue weighted by Gasteiger charge is 2.23. The van der Waals surface area contributed by atoms with Crippen molar-refractivity contribution < 1.29 is 9.59 Å². The van der Waals surface area contributed by atoms with Crippen molar-refractivity contribution in [2.24, 2.45) is 0 Å². The first-order chi connectivity index (χ1) is 12.4. The number of nitrogens with one attached hydrogen (secondary N) is 1. The second-order valence-corrected chi connectivity index (χ2v) is 6.97. The number of carbonyl (C=O) groups excluding carboxylic acids is 2. The summed E-state index contributed by atoms with van der Waals surface area (Å²) < 4.78 is 0. The van der Waals surface area contributed by atoms with E-state index in [1.807, 2.05) is 43.4 Å². The van der Waals surface area contributed by atoms with Gasteiger partial charge in [-0.25, -0.2) is 0 Å². The van der Waals surface area contributed by atoms with Crippen LogP contribution in [0.4, 0.5) is 17.1 Å². The second kappa shape index (κ2) is 7.20. The van der Waals surface area contributed by atoms with Crippen LogP contribution < -0.4 is 15.1 Å². The SMILES string of the molecule is CC(=O)N1CCc2cc(C(=O)Nc3cccc(N(C)C(C)C)c3)ccc21. The molecule has 1 aliphatic rings. The normalized spacial score (nSPS) is 12.9. The highest BCUT2D eigenvalue weighted by atomic mass is 16.2. The van der Waals surface area contributed by atoms with Crippen molar-refractivity contribution in [1.82, 2.24) is 0 Å². The van der Waals surface area contributed by atoms with E-state index in [9.17, 15) is 9.59 Å². The number of fused-ring (bicyclic) bond motifs is 1. The molecule has 0 bridgehead atoms. The van der Waals surface area contributed by atoms with Crippen LogP contribution >= 0.6 is 0 Å². The van der Waals surface area contributed by atoms with Gasteiger partial charge < -0.3 is 15.1 Å². The third-order valence-corrected chi connectivity index (χ3v) is 4.90. The van der Waals surface area contributed by atoms with E-state index in [2.05, 4.69) is 24.1 Å². The number of carbonyl (C=O) groups is 2. The lowest BCUT2D eigenvalue weighted by molar-refractivity contribution is -0.116. The van der Waals surface area contributed by atoms with Gasteiger partial charge in [0.05, 0.1) is 0 Å². The summed E-state index contributed by atoms with van der Waals surface area (Å²) in [6.45, 7) is 6.50. The van der Waals surface area contributed by atoms with Gasteiger partial charge in [0.15, 0.2) is 0 Å². The first-order valence-electron chi connectivity index (χ1n) is 8.92. The maximum atomic E-state index is 12.6. The molecule has 5 heteroatoms. The zero-order valence-electron chi connectivity index (χ0n) is 15.7. The van der Waals surface area contributed by atoms with Crippen molar-refractivity contribution in [2.75, 3.05) is 28.7 Å². The topological polar surface area (TPSA) is 52.7 Å². The zero-order valence-corrected chi connectivity index (χ0v) is 15.7. The van der Waals surface area contributed by atoms with Gasteiger partial charge in [0, 0.05) is 49.2 Å². The molecule has 2 amide bonds. The van der Waals surface area contributed by atoms with E-state index in [4.69, 9.17) is 0 Å². The molecule has 26 heavy (non-hydrogen) atoms. The average Bonchev–Trinajstić information content (AvgIpc) is 3.04. The molecule has 0 saturated heterocycles. The molecule has 1 heterocycles. The maximum Gasteiger partial charge on any atom is 0.255 e. The predicted molar refractivity (Wildman–Crippen MR) is 106 cm³/mol. The summed E-state index contributed by atoms with van der Waals surface area (Å²) in [6, 6.07) is 13.7. The van der Waals surface area contributed by atoms with Crippen LogP contribution in [0.15, 0.2) is 42.5 Å². The molecule has 0 aliphatic carbocycles. The van der Waals surface area contributed by atoms with Crippen LogP contribution in [0.25, 0.3) is 0 Å². The molecular formula is C21H25N3O2. The number of nitrogens with zero attached hydrogens (tertiary/aromatic N) is 2. The second-order valence-electron chi connectivity index (χ2n) is 6.97. The molecule has 0 radical (unpaired) electrons. The average molecular weight is 351 g/mol. The van der Waals surface area contributed by atoms with Crippen molar-refractivity contribution in [3.8, 4) is 0 Å². The quantitative estimate of drug-likeness (QED) is 0.914. The number of benzene rings is 2. The van der Waals surface area contributed by atoms with Crippen molar-refractivity contribution in [3.63, 3.8) is 0 Å². The molecule has 1 aliphatic heterocycles. The number of rotatable bonds is 4. The minimum absolute atomic E-state index is 0.0343. The molecule has 0 saturated carbocycles. The third kappa shape index (κ3) is 3.57. The lowest BCUT2D eigenvalue weighted by Gasteiger charge is -2.24. The smallest absolute Gasteiger partial charge is 0.255 e. The molecule has 3 rings (SSSR count). The Balaban J connectivity index is 1.77. The summed E-state index contributed by atoms with van der Waals surface area (Å²) >= 11 is 0. The van der Waals surface area contributed by atoms with E-state index in [-0.39, 0.29) is 11.8 Å². The monoisotopic (exact) mass is 351 g/mol. The van der Waals surface area contributed by atoms with E-state index in [1.165, 1.54) is 0 Å². The van der Waals surface area contributed by atoms with E-state index in [0.29, 0.717) is 18.2 Å². The Kier molecular flexibility index (Phi) is 4.98. The first-order valence-corrected chi connectivity index (χ1v) is 8.92. The fraction of sp³-hybridized carbons (Fsp3) is 0.333. The summed E-state index contributed by atoms with van der Waals surface area (Å²) in [6.07, 6.45) is 0.782. The van der Waals surface area contributed by atoms with Gasteiger partial charge in [-0.15, -0.1) is 0 Å². The van der Waals surface area contributed by atoms with Crippen LogP contribution in [0, 0.1) is 0 Å². The van der Waals surface area contributed by atoms with Crippen molar-refractivity contribution in [3.05, 3.63) is 53.6 Å². The Morgan fingerprint density at radius 2 is 1.92 bits per heavy atom. The summed E-state index contributed by atoms with van der Waals surface area (Å²) in [5.74, 6) is -0.106. The van der Waals surface area contributed by atoms with Gasteiger partial charge in [-0.1, -0.05) is 6.07 Å². The van der Waals surface area contributed by atoms with E-state index < -0.39 is 0 Å². The van der Waals surface area contributed by atoms with Gasteiger partial charge in [-0.3, -0.25) is 9.59 Å². The highest BCUT2D eigenvalue weighted by Crippen LogP contribution is 2.29. The van der Waals surface area contributed by atoms with E-state index in [1.54, 1.807) is 17.9 Å². The van der Waals surface area contributed by atoms with Crippen LogP contribution in [-0.4, -0.2) is 31.4 Å². The summed E-state index contributed by atoms with van der Waals surface area (Å²) in [5, 5.41) is 2.97. The molecule has 0 spiro atoms. The van der Waals surface area contributed by atoms with Gasteiger partial charge in [-0.2, -0.15) is 0 Å². The van der Waals surface area contributed by atoms with E-state index in [0.717, 1.165) is 29.0 Å². The molecular weight excluding hydrogens is 326 g/mol. The summed E-state index contributed by atoms with van der Waals surface area (Å²) in [7, 11) is 2.03. The van der Waals surface area contributed by atoms with Crippen LogP contribution in [-0.2, 0) is 11.2 Å². The van der Waals surface area contributed by atoms with Gasteiger partial charge in [0.25, 0.3) is 5.91 Å². The maximum absolute atomic E-state index is 12.6. The molecule has 0 fully saturated rings. The third-order valence-electron chi connectivity index (χ3n) is 4.90. The Morgan fingerprint density at radius 3 is 2.62 bits per heavy atom. The van der Waals surface area contributed by atoms with Gasteiger partial charge in [-0.05, 0) is 62.2 Å². The van der Waals surface area contributed by atoms with Crippen molar-refractivity contribution in [2.45, 2.75) is 33.2 Å². The van der Waals surface area contributed by atoms with Crippen molar-refractivity contribution >= 4 is 28.9 Å². The Morgan fingerprint density at radius 1 is 1.15 bits per heavy atom. The van der Waals surface area contributed by atoms with Crippen molar-refractivity contribution in [1.29, 1.82) is 0 Å². The highest BCUT2D eigenvalue weighted by molar-refractivity contribution is 6.05. The zero-order chi connectivity index (χ0) is 18.8.